The summed E-state index contributed by atoms with van der Waals surface area (Å²) in [5, 5.41) is 0. The van der Waals surface area contributed by atoms with Crippen LogP contribution in [0, 0.1) is 23.7 Å². The van der Waals surface area contributed by atoms with Gasteiger partial charge in [0.2, 0.25) is 0 Å². The smallest absolute Gasteiger partial charge is 0.410 e. The van der Waals surface area contributed by atoms with Gasteiger partial charge in [0.1, 0.15) is 23.3 Å². The normalized spacial score (nSPS) is 34.0. The summed E-state index contributed by atoms with van der Waals surface area (Å²) >= 11 is 0. The van der Waals surface area contributed by atoms with Gasteiger partial charge in [-0.25, -0.2) is 19.6 Å². The SMILES string of the molecule is CC[C@H]1OC(=O)[C@H](C)C(=O)[C@H](C)[C@@H](OC2O[C@H](C)C[C@H](N(C)C)[C@H]2OC(=O)c2ccccc2)[C@@](C)(OC)C[C@@H](C)C(=O)[C@H](C)[C@H]2N(CCCCn3cnc4cccnc43)C(=O)O[C@]12CC. The fourth-order valence-electron chi connectivity index (χ4n) is 10.5. The van der Waals surface area contributed by atoms with E-state index >= 15 is 4.79 Å². The first kappa shape index (κ1) is 49.7. The van der Waals surface area contributed by atoms with Crippen molar-refractivity contribution in [1.29, 1.82) is 0 Å². The first-order chi connectivity index (χ1) is 30.9. The molecule has 3 fully saturated rings. The summed E-state index contributed by atoms with van der Waals surface area (Å²) in [7, 11) is 5.27. The van der Waals surface area contributed by atoms with Gasteiger partial charge in [-0.3, -0.25) is 14.4 Å². The Morgan fingerprint density at radius 3 is 2.29 bits per heavy atom. The summed E-state index contributed by atoms with van der Waals surface area (Å²) in [5.74, 6) is -5.76. The highest BCUT2D eigenvalue weighted by Crippen LogP contribution is 2.45. The van der Waals surface area contributed by atoms with Crippen LogP contribution < -0.4 is 0 Å². The topological polar surface area (TPSA) is 178 Å². The number of benzene rings is 1. The number of ketones is 2. The molecule has 6 rings (SSSR count). The van der Waals surface area contributed by atoms with Crippen molar-refractivity contribution in [2.24, 2.45) is 23.7 Å². The molecular weight excluding hydrogens is 835 g/mol. The number of aromatic nitrogens is 3. The molecule has 16 nitrogen and oxygen atoms in total. The Balaban J connectivity index is 1.34. The van der Waals surface area contributed by atoms with Crippen LogP contribution in [-0.4, -0.2) is 136 Å². The van der Waals surface area contributed by atoms with Crippen LogP contribution in [0.25, 0.3) is 11.2 Å². The molecule has 1 aromatic carbocycles. The van der Waals surface area contributed by atoms with Crippen molar-refractivity contribution in [2.45, 2.75) is 154 Å². The molecule has 0 saturated carbocycles. The van der Waals surface area contributed by atoms with Gasteiger partial charge in [0, 0.05) is 44.1 Å². The van der Waals surface area contributed by atoms with Gasteiger partial charge in [0.25, 0.3) is 0 Å². The molecule has 0 aliphatic carbocycles. The minimum absolute atomic E-state index is 0.0897. The number of amides is 1. The molecule has 1 unspecified atom stereocenters. The second-order valence-electron chi connectivity index (χ2n) is 18.7. The molecule has 5 heterocycles. The standard InChI is InChI=1S/C49H69N5O11/c1-12-37-49(13-2)41(54(47(59)65-49)25-18-17-24-53-28-51-35-22-19-23-50-43(35)53)31(5)38(55)29(3)27-48(8,60-11)42(32(6)39(56)33(7)44(57)62-37)64-46-40(36(52(9)10)26-30(4)61-46)63-45(58)34-20-15-14-16-21-34/h14-16,19-23,28-33,36-37,40-42,46H,12-13,17-18,24-27H2,1-11H3/t29-,30-,31+,32+,33-,36+,37-,40-,41-,42-,46?,48+,49-/m1/s1. The molecular formula is C49H69N5O11. The Morgan fingerprint density at radius 2 is 1.63 bits per heavy atom. The van der Waals surface area contributed by atoms with E-state index < -0.39 is 89.3 Å². The van der Waals surface area contributed by atoms with Crippen LogP contribution in [0.4, 0.5) is 4.79 Å². The number of fused-ring (bicyclic) bond motifs is 2. The Kier molecular flexibility index (Phi) is 15.9. The highest BCUT2D eigenvalue weighted by atomic mass is 16.7. The van der Waals surface area contributed by atoms with E-state index in [4.69, 9.17) is 28.4 Å². The van der Waals surface area contributed by atoms with Crippen molar-refractivity contribution >= 4 is 40.8 Å². The molecule has 3 aliphatic heterocycles. The van der Waals surface area contributed by atoms with Crippen LogP contribution in [0.1, 0.15) is 104 Å². The first-order valence-electron chi connectivity index (χ1n) is 23.2. The number of carbonyl (C=O) groups excluding carboxylic acids is 5. The number of carbonyl (C=O) groups is 5. The molecule has 356 valence electrons. The summed E-state index contributed by atoms with van der Waals surface area (Å²) in [6, 6.07) is 11.2. The molecule has 1 amide bonds. The van der Waals surface area contributed by atoms with Crippen LogP contribution in [0.5, 0.6) is 0 Å². The van der Waals surface area contributed by atoms with Crippen LogP contribution in [0.15, 0.2) is 55.0 Å². The quantitative estimate of drug-likeness (QED) is 0.0769. The lowest BCUT2D eigenvalue weighted by atomic mass is 9.72. The maximum atomic E-state index is 15.0. The van der Waals surface area contributed by atoms with Crippen LogP contribution in [0.2, 0.25) is 0 Å². The number of unbranched alkanes of at least 4 members (excludes halogenated alkanes) is 1. The predicted octanol–water partition coefficient (Wildman–Crippen LogP) is 6.67. The Bertz CT molecular complexity index is 2150. The van der Waals surface area contributed by atoms with Gasteiger partial charge in [0.15, 0.2) is 29.4 Å². The van der Waals surface area contributed by atoms with Crippen LogP contribution >= 0.6 is 0 Å². The zero-order valence-corrected chi connectivity index (χ0v) is 39.9. The second-order valence-corrected chi connectivity index (χ2v) is 18.7. The van der Waals surface area contributed by atoms with Crippen molar-refractivity contribution in [3.63, 3.8) is 0 Å². The molecule has 0 bridgehead atoms. The van der Waals surface area contributed by atoms with E-state index in [0.717, 1.165) is 11.2 Å². The number of rotatable bonds is 13. The minimum Gasteiger partial charge on any atom is -0.457 e. The van der Waals surface area contributed by atoms with Crippen molar-refractivity contribution < 1.29 is 52.4 Å². The predicted molar refractivity (Wildman–Crippen MR) is 241 cm³/mol. The molecule has 65 heavy (non-hydrogen) atoms. The van der Waals surface area contributed by atoms with Gasteiger partial charge in [-0.15, -0.1) is 0 Å². The van der Waals surface area contributed by atoms with E-state index in [1.807, 2.05) is 76.4 Å². The third-order valence-corrected chi connectivity index (χ3v) is 14.2. The largest absolute Gasteiger partial charge is 0.457 e. The Morgan fingerprint density at radius 1 is 0.923 bits per heavy atom. The third-order valence-electron chi connectivity index (χ3n) is 14.2. The maximum absolute atomic E-state index is 15.0. The maximum Gasteiger partial charge on any atom is 0.410 e. The second kappa shape index (κ2) is 20.8. The van der Waals surface area contributed by atoms with E-state index in [1.165, 1.54) is 14.0 Å². The van der Waals surface area contributed by atoms with Gasteiger partial charge >= 0.3 is 18.0 Å². The fourth-order valence-corrected chi connectivity index (χ4v) is 10.5. The van der Waals surface area contributed by atoms with Gasteiger partial charge in [-0.05, 0) is 97.7 Å². The fraction of sp³-hybridized carbons (Fsp3) is 0.653. The summed E-state index contributed by atoms with van der Waals surface area (Å²) < 4.78 is 40.5. The number of likely N-dealkylation sites (N-methyl/N-ethyl adjacent to an activating group) is 1. The molecule has 0 N–H and O–H groups in total. The summed E-state index contributed by atoms with van der Waals surface area (Å²) in [4.78, 5) is 84.3. The van der Waals surface area contributed by atoms with Crippen LogP contribution in [0.3, 0.4) is 0 Å². The lowest BCUT2D eigenvalue weighted by Crippen LogP contribution is -2.61. The third kappa shape index (κ3) is 10.2. The highest BCUT2D eigenvalue weighted by molar-refractivity contribution is 6.00. The molecule has 3 saturated heterocycles. The molecule has 0 spiro atoms. The van der Waals surface area contributed by atoms with Crippen molar-refractivity contribution in [2.75, 3.05) is 27.7 Å². The number of nitrogens with zero attached hydrogens (tertiary/aromatic N) is 5. The molecule has 0 radical (unpaired) electrons. The van der Waals surface area contributed by atoms with Crippen molar-refractivity contribution in [3.8, 4) is 0 Å². The summed E-state index contributed by atoms with van der Waals surface area (Å²) in [6.45, 7) is 15.1. The number of methoxy groups -OCH3 is 1. The van der Waals surface area contributed by atoms with E-state index in [2.05, 4.69) is 9.97 Å². The number of imidazole rings is 1. The zero-order chi connectivity index (χ0) is 47.4. The van der Waals surface area contributed by atoms with Gasteiger partial charge in [-0.1, -0.05) is 52.8 Å². The molecule has 16 heteroatoms. The number of aryl methyl sites for hydroxylation is 1. The number of hydrogen-bond donors (Lipinski definition) is 0. The first-order valence-corrected chi connectivity index (χ1v) is 23.2. The average Bonchev–Trinajstić information content (AvgIpc) is 3.85. The number of cyclic esters (lactones) is 1. The summed E-state index contributed by atoms with van der Waals surface area (Å²) in [6.07, 6.45) is 0.714. The van der Waals surface area contributed by atoms with E-state index in [0.29, 0.717) is 31.4 Å². The van der Waals surface area contributed by atoms with Gasteiger partial charge < -0.3 is 42.8 Å². The number of esters is 2. The van der Waals surface area contributed by atoms with Crippen molar-refractivity contribution in [3.05, 3.63) is 60.6 Å². The lowest BCUT2D eigenvalue weighted by Gasteiger charge is -2.48. The highest BCUT2D eigenvalue weighted by Gasteiger charge is 2.62. The Hall–Kier alpha value is -4.77. The molecule has 3 aromatic rings. The van der Waals surface area contributed by atoms with E-state index in [1.54, 1.807) is 55.5 Å². The van der Waals surface area contributed by atoms with Gasteiger partial charge in [0.05, 0.1) is 41.8 Å². The van der Waals surface area contributed by atoms with E-state index in [-0.39, 0.29) is 43.7 Å². The van der Waals surface area contributed by atoms with Gasteiger partial charge in [-0.2, -0.15) is 0 Å². The van der Waals surface area contributed by atoms with Crippen molar-refractivity contribution in [1.82, 2.24) is 24.3 Å². The molecule has 13 atom stereocenters. The summed E-state index contributed by atoms with van der Waals surface area (Å²) in [5.41, 5.74) is -0.815. The number of ether oxygens (including phenoxy) is 6. The average molecular weight is 904 g/mol. The minimum atomic E-state index is -1.39. The number of pyridine rings is 1. The number of Topliss-reactive ketones (excluding diaryl/α,β-unsaturated/α-hetero) is 2. The van der Waals surface area contributed by atoms with Crippen LogP contribution in [-0.2, 0) is 49.3 Å². The lowest BCUT2D eigenvalue weighted by molar-refractivity contribution is -0.294. The number of hydrogen-bond acceptors (Lipinski definition) is 14. The van der Waals surface area contributed by atoms with E-state index in [9.17, 15) is 19.2 Å². The molecule has 2 aromatic heterocycles. The Labute approximate surface area is 383 Å². The zero-order valence-electron chi connectivity index (χ0n) is 39.9. The molecule has 3 aliphatic rings. The monoisotopic (exact) mass is 903 g/mol.